The van der Waals surface area contributed by atoms with Gasteiger partial charge >= 0.3 is 0 Å². The van der Waals surface area contributed by atoms with E-state index in [9.17, 15) is 8.42 Å². The standard InChI is InChI=1S/C17H24N4O3S/c1-17(2)13-21(11-14-6-4-5-7-16(14)24-17)9-8-19-25(22,23)15-10-18-20(3)12-15/h4-7,10,12,19H,8-9,11,13H2,1-3H3. The summed E-state index contributed by atoms with van der Waals surface area (Å²) in [5.41, 5.74) is 0.776. The van der Waals surface area contributed by atoms with E-state index >= 15 is 0 Å². The maximum absolute atomic E-state index is 12.3. The van der Waals surface area contributed by atoms with E-state index in [2.05, 4.69) is 14.7 Å². The van der Waals surface area contributed by atoms with Gasteiger partial charge in [-0.2, -0.15) is 5.10 Å². The minimum absolute atomic E-state index is 0.180. The number of para-hydroxylation sites is 1. The number of aryl methyl sites for hydroxylation is 1. The quantitative estimate of drug-likeness (QED) is 0.867. The lowest BCUT2D eigenvalue weighted by Gasteiger charge is -2.29. The van der Waals surface area contributed by atoms with Gasteiger partial charge in [0.1, 0.15) is 16.2 Å². The molecule has 0 aliphatic carbocycles. The molecule has 7 nitrogen and oxygen atoms in total. The van der Waals surface area contributed by atoms with Gasteiger partial charge in [0, 0.05) is 45.0 Å². The number of sulfonamides is 1. The Kier molecular flexibility index (Phi) is 4.86. The smallest absolute Gasteiger partial charge is 0.243 e. The molecule has 1 aromatic carbocycles. The molecule has 1 aliphatic rings. The number of aromatic nitrogens is 2. The predicted octanol–water partition coefficient (Wildman–Crippen LogP) is 1.37. The highest BCUT2D eigenvalue weighted by molar-refractivity contribution is 7.89. The van der Waals surface area contributed by atoms with Gasteiger partial charge in [-0.25, -0.2) is 13.1 Å². The Morgan fingerprint density at radius 1 is 1.32 bits per heavy atom. The molecular weight excluding hydrogens is 340 g/mol. The van der Waals surface area contributed by atoms with Crippen LogP contribution in [0.4, 0.5) is 0 Å². The van der Waals surface area contributed by atoms with Crippen molar-refractivity contribution in [2.24, 2.45) is 7.05 Å². The van der Waals surface area contributed by atoms with Crippen molar-refractivity contribution < 1.29 is 13.2 Å². The third-order valence-electron chi connectivity index (χ3n) is 4.07. The van der Waals surface area contributed by atoms with Gasteiger partial charge in [0.2, 0.25) is 10.0 Å². The summed E-state index contributed by atoms with van der Waals surface area (Å²) in [6, 6.07) is 7.98. The van der Waals surface area contributed by atoms with E-state index in [0.717, 1.165) is 24.4 Å². The second-order valence-electron chi connectivity index (χ2n) is 6.93. The molecule has 0 fully saturated rings. The monoisotopic (exact) mass is 364 g/mol. The Labute approximate surface area is 148 Å². The largest absolute Gasteiger partial charge is 0.486 e. The molecule has 0 spiro atoms. The Morgan fingerprint density at radius 2 is 2.08 bits per heavy atom. The van der Waals surface area contributed by atoms with Crippen LogP contribution < -0.4 is 9.46 Å². The van der Waals surface area contributed by atoms with Gasteiger partial charge in [0.25, 0.3) is 0 Å². The van der Waals surface area contributed by atoms with Crippen molar-refractivity contribution >= 4 is 10.0 Å². The summed E-state index contributed by atoms with van der Waals surface area (Å²) in [7, 11) is -1.84. The van der Waals surface area contributed by atoms with Crippen molar-refractivity contribution in [3.63, 3.8) is 0 Å². The summed E-state index contributed by atoms with van der Waals surface area (Å²) >= 11 is 0. The molecule has 0 unspecified atom stereocenters. The summed E-state index contributed by atoms with van der Waals surface area (Å²) in [4.78, 5) is 2.39. The van der Waals surface area contributed by atoms with Crippen LogP contribution in [0.5, 0.6) is 5.75 Å². The molecule has 1 aromatic heterocycles. The molecule has 2 aromatic rings. The van der Waals surface area contributed by atoms with Crippen LogP contribution in [0.15, 0.2) is 41.6 Å². The minimum Gasteiger partial charge on any atom is -0.486 e. The van der Waals surface area contributed by atoms with E-state index in [1.54, 1.807) is 7.05 Å². The Bertz CT molecular complexity index is 845. The first kappa shape index (κ1) is 17.9. The number of benzene rings is 1. The lowest BCUT2D eigenvalue weighted by atomic mass is 10.1. The average molecular weight is 364 g/mol. The van der Waals surface area contributed by atoms with E-state index in [1.807, 2.05) is 38.1 Å². The molecule has 0 atom stereocenters. The molecular formula is C17H24N4O3S. The molecule has 1 aliphatic heterocycles. The Hall–Kier alpha value is -1.90. The van der Waals surface area contributed by atoms with E-state index in [-0.39, 0.29) is 10.5 Å². The van der Waals surface area contributed by atoms with Crippen molar-refractivity contribution in [2.75, 3.05) is 19.6 Å². The van der Waals surface area contributed by atoms with E-state index in [4.69, 9.17) is 4.74 Å². The molecule has 0 saturated carbocycles. The third-order valence-corrected chi connectivity index (χ3v) is 5.48. The van der Waals surface area contributed by atoms with Crippen LogP contribution in [-0.4, -0.2) is 48.3 Å². The number of fused-ring (bicyclic) bond motifs is 1. The normalized spacial score (nSPS) is 17.6. The van der Waals surface area contributed by atoms with E-state index in [1.165, 1.54) is 17.1 Å². The van der Waals surface area contributed by atoms with Gasteiger partial charge in [-0.1, -0.05) is 18.2 Å². The summed E-state index contributed by atoms with van der Waals surface area (Å²) in [6.07, 6.45) is 2.84. The lowest BCUT2D eigenvalue weighted by Crippen LogP contribution is -2.43. The van der Waals surface area contributed by atoms with Crippen LogP contribution in [-0.2, 0) is 23.6 Å². The number of rotatable bonds is 5. The maximum Gasteiger partial charge on any atom is 0.243 e. The molecule has 0 bridgehead atoms. The van der Waals surface area contributed by atoms with Crippen molar-refractivity contribution in [2.45, 2.75) is 30.9 Å². The fraction of sp³-hybridized carbons (Fsp3) is 0.471. The van der Waals surface area contributed by atoms with E-state index in [0.29, 0.717) is 13.1 Å². The van der Waals surface area contributed by atoms with Gasteiger partial charge in [-0.3, -0.25) is 9.58 Å². The first-order valence-electron chi connectivity index (χ1n) is 8.23. The van der Waals surface area contributed by atoms with Crippen molar-refractivity contribution in [1.82, 2.24) is 19.4 Å². The zero-order valence-corrected chi connectivity index (χ0v) is 15.6. The SMILES string of the molecule is Cn1cc(S(=O)(=O)NCCN2Cc3ccccc3OC(C)(C)C2)cn1. The molecule has 3 rings (SSSR count). The van der Waals surface area contributed by atoms with Crippen LogP contribution in [0, 0.1) is 0 Å². The van der Waals surface area contributed by atoms with Gasteiger partial charge < -0.3 is 4.74 Å². The number of nitrogens with zero attached hydrogens (tertiary/aromatic N) is 3. The number of hydrogen-bond acceptors (Lipinski definition) is 5. The average Bonchev–Trinajstić information content (AvgIpc) is 2.90. The molecule has 0 saturated heterocycles. The maximum atomic E-state index is 12.3. The Balaban J connectivity index is 1.65. The van der Waals surface area contributed by atoms with Crippen LogP contribution >= 0.6 is 0 Å². The van der Waals surface area contributed by atoms with Crippen LogP contribution in [0.3, 0.4) is 0 Å². The van der Waals surface area contributed by atoms with Gasteiger partial charge in [0.05, 0.1) is 6.20 Å². The van der Waals surface area contributed by atoms with E-state index < -0.39 is 10.0 Å². The highest BCUT2D eigenvalue weighted by Gasteiger charge is 2.29. The molecule has 136 valence electrons. The Morgan fingerprint density at radius 3 is 2.80 bits per heavy atom. The van der Waals surface area contributed by atoms with Crippen LogP contribution in [0.1, 0.15) is 19.4 Å². The number of nitrogens with one attached hydrogen (secondary N) is 1. The van der Waals surface area contributed by atoms with Gasteiger partial charge in [-0.15, -0.1) is 0 Å². The second kappa shape index (κ2) is 6.78. The summed E-state index contributed by atoms with van der Waals surface area (Å²) in [5.74, 6) is 0.894. The van der Waals surface area contributed by atoms with Crippen molar-refractivity contribution in [3.05, 3.63) is 42.2 Å². The summed E-state index contributed by atoms with van der Waals surface area (Å²) in [5, 5.41) is 3.91. The topological polar surface area (TPSA) is 76.5 Å². The third kappa shape index (κ3) is 4.39. The van der Waals surface area contributed by atoms with Crippen molar-refractivity contribution in [1.29, 1.82) is 0 Å². The first-order chi connectivity index (χ1) is 11.8. The van der Waals surface area contributed by atoms with Gasteiger partial charge in [-0.05, 0) is 19.9 Å². The fourth-order valence-corrected chi connectivity index (χ4v) is 4.02. The molecule has 2 heterocycles. The highest BCUT2D eigenvalue weighted by atomic mass is 32.2. The summed E-state index contributed by atoms with van der Waals surface area (Å²) < 4.78 is 34.8. The van der Waals surface area contributed by atoms with Crippen LogP contribution in [0.2, 0.25) is 0 Å². The molecule has 0 amide bonds. The second-order valence-corrected chi connectivity index (χ2v) is 8.69. The predicted molar refractivity (Wildman–Crippen MR) is 94.8 cm³/mol. The number of hydrogen-bond donors (Lipinski definition) is 1. The number of ether oxygens (including phenoxy) is 1. The lowest BCUT2D eigenvalue weighted by molar-refractivity contribution is 0.0720. The summed E-state index contributed by atoms with van der Waals surface area (Å²) in [6.45, 7) is 6.46. The van der Waals surface area contributed by atoms with Crippen molar-refractivity contribution in [3.8, 4) is 5.75 Å². The fourth-order valence-electron chi connectivity index (χ4n) is 3.02. The van der Waals surface area contributed by atoms with Crippen LogP contribution in [0.25, 0.3) is 0 Å². The minimum atomic E-state index is -3.53. The molecule has 8 heteroatoms. The zero-order chi connectivity index (χ0) is 18.1. The van der Waals surface area contributed by atoms with Gasteiger partial charge in [0.15, 0.2) is 0 Å². The molecule has 0 radical (unpaired) electrons. The molecule has 1 N–H and O–H groups in total. The molecule has 25 heavy (non-hydrogen) atoms. The zero-order valence-electron chi connectivity index (χ0n) is 14.8. The highest BCUT2D eigenvalue weighted by Crippen LogP contribution is 2.28. The first-order valence-corrected chi connectivity index (χ1v) is 9.71.